The fourth-order valence-electron chi connectivity index (χ4n) is 2.25. The molecule has 0 fully saturated rings. The number of benzene rings is 1. The molecule has 0 aliphatic heterocycles. The first-order valence-corrected chi connectivity index (χ1v) is 7.67. The molecule has 1 heterocycles. The van der Waals surface area contributed by atoms with Gasteiger partial charge in [0.1, 0.15) is 5.82 Å². The van der Waals surface area contributed by atoms with Crippen LogP contribution >= 0.6 is 0 Å². The Morgan fingerprint density at radius 3 is 2.45 bits per heavy atom. The van der Waals surface area contributed by atoms with E-state index in [2.05, 4.69) is 58.2 Å². The maximum Gasteiger partial charge on any atom is 0.224 e. The third kappa shape index (κ3) is 4.43. The fourth-order valence-corrected chi connectivity index (χ4v) is 2.25. The predicted octanol–water partition coefficient (Wildman–Crippen LogP) is 2.92. The molecule has 0 bridgehead atoms. The van der Waals surface area contributed by atoms with E-state index in [1.165, 1.54) is 0 Å². The summed E-state index contributed by atoms with van der Waals surface area (Å²) >= 11 is 0. The van der Waals surface area contributed by atoms with E-state index in [4.69, 9.17) is 0 Å². The van der Waals surface area contributed by atoms with Gasteiger partial charge in [-0.15, -0.1) is 0 Å². The highest BCUT2D eigenvalue weighted by Crippen LogP contribution is 2.24. The molecule has 2 aromatic rings. The standard InChI is InChI=1S/C17H25N5/c1-5-22(15-9-7-6-8-10-15)16-13-14(2)19-17(20-16)18-11-12-21(3)4/h6-10,13H,5,11-12H2,1-4H3,(H,18,19,20). The molecule has 0 saturated heterocycles. The van der Waals surface area contributed by atoms with Gasteiger partial charge in [0.2, 0.25) is 5.95 Å². The van der Waals surface area contributed by atoms with Crippen LogP contribution in [0.2, 0.25) is 0 Å². The van der Waals surface area contributed by atoms with Crippen LogP contribution in [0.25, 0.3) is 0 Å². The second-order valence-corrected chi connectivity index (χ2v) is 5.50. The molecule has 0 unspecified atom stereocenters. The summed E-state index contributed by atoms with van der Waals surface area (Å²) in [6.45, 7) is 6.76. The molecule has 2 rings (SSSR count). The second-order valence-electron chi connectivity index (χ2n) is 5.50. The van der Waals surface area contributed by atoms with Crippen molar-refractivity contribution in [3.05, 3.63) is 42.1 Å². The number of anilines is 3. The van der Waals surface area contributed by atoms with Crippen molar-refractivity contribution in [1.82, 2.24) is 14.9 Å². The average Bonchev–Trinajstić information content (AvgIpc) is 2.48. The van der Waals surface area contributed by atoms with Gasteiger partial charge in [-0.05, 0) is 40.1 Å². The SMILES string of the molecule is CCN(c1ccccc1)c1cc(C)nc(NCCN(C)C)n1. The summed E-state index contributed by atoms with van der Waals surface area (Å²) in [5.41, 5.74) is 2.11. The summed E-state index contributed by atoms with van der Waals surface area (Å²) in [7, 11) is 4.11. The van der Waals surface area contributed by atoms with Gasteiger partial charge in [-0.1, -0.05) is 18.2 Å². The number of para-hydroxylation sites is 1. The average molecular weight is 299 g/mol. The molecule has 1 aromatic heterocycles. The van der Waals surface area contributed by atoms with Gasteiger partial charge in [0.05, 0.1) is 0 Å². The molecule has 0 saturated carbocycles. The second kappa shape index (κ2) is 7.75. The zero-order valence-corrected chi connectivity index (χ0v) is 13.9. The lowest BCUT2D eigenvalue weighted by Crippen LogP contribution is -2.22. The Hall–Kier alpha value is -2.14. The van der Waals surface area contributed by atoms with Gasteiger partial charge in [0.15, 0.2) is 0 Å². The molecular weight excluding hydrogens is 274 g/mol. The number of nitrogens with zero attached hydrogens (tertiary/aromatic N) is 4. The van der Waals surface area contributed by atoms with E-state index in [0.717, 1.165) is 36.8 Å². The normalized spacial score (nSPS) is 10.8. The number of aromatic nitrogens is 2. The first-order valence-electron chi connectivity index (χ1n) is 7.67. The van der Waals surface area contributed by atoms with Crippen molar-refractivity contribution in [2.75, 3.05) is 43.9 Å². The van der Waals surface area contributed by atoms with Gasteiger partial charge in [-0.3, -0.25) is 0 Å². The number of rotatable bonds is 7. The first-order chi connectivity index (χ1) is 10.6. The summed E-state index contributed by atoms with van der Waals surface area (Å²) in [5.74, 6) is 1.61. The molecule has 5 heteroatoms. The number of hydrogen-bond donors (Lipinski definition) is 1. The Morgan fingerprint density at radius 1 is 1.09 bits per heavy atom. The Morgan fingerprint density at radius 2 is 1.82 bits per heavy atom. The molecule has 0 spiro atoms. The van der Waals surface area contributed by atoms with Gasteiger partial charge >= 0.3 is 0 Å². The van der Waals surface area contributed by atoms with Crippen molar-refractivity contribution in [1.29, 1.82) is 0 Å². The van der Waals surface area contributed by atoms with Crippen LogP contribution in [0.1, 0.15) is 12.6 Å². The van der Waals surface area contributed by atoms with E-state index >= 15 is 0 Å². The predicted molar refractivity (Wildman–Crippen MR) is 92.9 cm³/mol. The molecule has 118 valence electrons. The monoisotopic (exact) mass is 299 g/mol. The van der Waals surface area contributed by atoms with Crippen LogP contribution in [-0.2, 0) is 0 Å². The first kappa shape index (κ1) is 16.2. The van der Waals surface area contributed by atoms with Crippen molar-refractivity contribution in [3.8, 4) is 0 Å². The van der Waals surface area contributed by atoms with Crippen LogP contribution in [0, 0.1) is 6.92 Å². The van der Waals surface area contributed by atoms with E-state index in [1.807, 2.05) is 31.2 Å². The summed E-state index contributed by atoms with van der Waals surface area (Å²) in [6.07, 6.45) is 0. The third-order valence-electron chi connectivity index (χ3n) is 3.34. The van der Waals surface area contributed by atoms with Gasteiger partial charge in [0, 0.05) is 37.1 Å². The number of hydrogen-bond acceptors (Lipinski definition) is 5. The van der Waals surface area contributed by atoms with Crippen LogP contribution in [-0.4, -0.2) is 48.6 Å². The van der Waals surface area contributed by atoms with Gasteiger partial charge in [-0.2, -0.15) is 4.98 Å². The minimum Gasteiger partial charge on any atom is -0.353 e. The van der Waals surface area contributed by atoms with E-state index in [0.29, 0.717) is 5.95 Å². The van der Waals surface area contributed by atoms with Crippen LogP contribution in [0.15, 0.2) is 36.4 Å². The Labute approximate surface area is 133 Å². The van der Waals surface area contributed by atoms with Crippen LogP contribution in [0.3, 0.4) is 0 Å². The minimum atomic E-state index is 0.686. The number of aryl methyl sites for hydroxylation is 1. The lowest BCUT2D eigenvalue weighted by atomic mass is 10.2. The quantitative estimate of drug-likeness (QED) is 0.851. The zero-order valence-electron chi connectivity index (χ0n) is 13.9. The smallest absolute Gasteiger partial charge is 0.224 e. The topological polar surface area (TPSA) is 44.3 Å². The van der Waals surface area contributed by atoms with E-state index in [9.17, 15) is 0 Å². The van der Waals surface area contributed by atoms with Crippen molar-refractivity contribution in [3.63, 3.8) is 0 Å². The highest BCUT2D eigenvalue weighted by atomic mass is 15.2. The van der Waals surface area contributed by atoms with Crippen LogP contribution < -0.4 is 10.2 Å². The molecule has 0 aliphatic carbocycles. The molecule has 1 N–H and O–H groups in total. The molecule has 1 aromatic carbocycles. The molecule has 0 amide bonds. The largest absolute Gasteiger partial charge is 0.353 e. The van der Waals surface area contributed by atoms with E-state index < -0.39 is 0 Å². The maximum absolute atomic E-state index is 4.66. The summed E-state index contributed by atoms with van der Waals surface area (Å²) in [4.78, 5) is 13.5. The molecule has 0 aliphatic rings. The fraction of sp³-hybridized carbons (Fsp3) is 0.412. The highest BCUT2D eigenvalue weighted by Gasteiger charge is 2.10. The molecule has 0 atom stereocenters. The van der Waals surface area contributed by atoms with Gasteiger partial charge in [-0.25, -0.2) is 4.98 Å². The molecular formula is C17H25N5. The van der Waals surface area contributed by atoms with Gasteiger partial charge in [0.25, 0.3) is 0 Å². The lowest BCUT2D eigenvalue weighted by Gasteiger charge is -2.23. The lowest BCUT2D eigenvalue weighted by molar-refractivity contribution is 0.425. The molecule has 0 radical (unpaired) electrons. The summed E-state index contributed by atoms with van der Waals surface area (Å²) in [5, 5.41) is 3.30. The zero-order chi connectivity index (χ0) is 15.9. The van der Waals surface area contributed by atoms with Gasteiger partial charge < -0.3 is 15.1 Å². The van der Waals surface area contributed by atoms with Crippen molar-refractivity contribution >= 4 is 17.5 Å². The summed E-state index contributed by atoms with van der Waals surface area (Å²) < 4.78 is 0. The third-order valence-corrected chi connectivity index (χ3v) is 3.34. The van der Waals surface area contributed by atoms with Crippen molar-refractivity contribution in [2.45, 2.75) is 13.8 Å². The van der Waals surface area contributed by atoms with E-state index in [1.54, 1.807) is 0 Å². The summed E-state index contributed by atoms with van der Waals surface area (Å²) in [6, 6.07) is 12.3. The van der Waals surface area contributed by atoms with Crippen LogP contribution in [0.5, 0.6) is 0 Å². The van der Waals surface area contributed by atoms with Crippen molar-refractivity contribution in [2.24, 2.45) is 0 Å². The van der Waals surface area contributed by atoms with Crippen molar-refractivity contribution < 1.29 is 0 Å². The molecule has 22 heavy (non-hydrogen) atoms. The minimum absolute atomic E-state index is 0.686. The Kier molecular flexibility index (Phi) is 5.72. The van der Waals surface area contributed by atoms with Crippen LogP contribution in [0.4, 0.5) is 17.5 Å². The number of nitrogens with one attached hydrogen (secondary N) is 1. The highest BCUT2D eigenvalue weighted by molar-refractivity contribution is 5.60. The van der Waals surface area contributed by atoms with E-state index in [-0.39, 0.29) is 0 Å². The Bertz CT molecular complexity index is 583. The Balaban J connectivity index is 2.20. The number of likely N-dealkylation sites (N-methyl/N-ethyl adjacent to an activating group) is 1. The maximum atomic E-state index is 4.66. The molecule has 5 nitrogen and oxygen atoms in total.